The van der Waals surface area contributed by atoms with Crippen LogP contribution < -0.4 is 15.6 Å². The number of anilines is 1. The van der Waals surface area contributed by atoms with E-state index in [0.717, 1.165) is 24.3 Å². The van der Waals surface area contributed by atoms with Crippen LogP contribution in [0.25, 0.3) is 0 Å². The molecule has 3 N–H and O–H groups in total. The summed E-state index contributed by atoms with van der Waals surface area (Å²) >= 11 is 1.87. The van der Waals surface area contributed by atoms with Gasteiger partial charge in [0.2, 0.25) is 10.0 Å². The van der Waals surface area contributed by atoms with Gasteiger partial charge in [-0.2, -0.15) is 13.2 Å². The van der Waals surface area contributed by atoms with Crippen molar-refractivity contribution in [3.63, 3.8) is 0 Å². The molecule has 1 amide bonds. The Morgan fingerprint density at radius 1 is 1.08 bits per heavy atom. The first-order valence-electron chi connectivity index (χ1n) is 7.01. The van der Waals surface area contributed by atoms with Crippen molar-refractivity contribution < 1.29 is 26.4 Å². The number of amides is 1. The summed E-state index contributed by atoms with van der Waals surface area (Å²) < 4.78 is 63.9. The smallest absolute Gasteiger partial charge is 0.298 e. The Labute approximate surface area is 161 Å². The number of carbonyl (C=O) groups is 1. The summed E-state index contributed by atoms with van der Waals surface area (Å²) in [5.74, 6) is -0.637. The number of hydrogen-bond donors (Lipinski definition) is 3. The first kappa shape index (κ1) is 20.5. The number of rotatable bonds is 5. The highest BCUT2D eigenvalue weighted by molar-refractivity contribution is 14.1. The van der Waals surface area contributed by atoms with Gasteiger partial charge in [0, 0.05) is 3.57 Å². The van der Waals surface area contributed by atoms with Gasteiger partial charge in [-0.3, -0.25) is 15.6 Å². The van der Waals surface area contributed by atoms with E-state index in [4.69, 9.17) is 0 Å². The first-order valence-corrected chi connectivity index (χ1v) is 9.57. The van der Waals surface area contributed by atoms with E-state index < -0.39 is 27.7 Å². The van der Waals surface area contributed by atoms with Crippen molar-refractivity contribution in [1.29, 1.82) is 0 Å². The van der Waals surface area contributed by atoms with Crippen LogP contribution >= 0.6 is 22.6 Å². The van der Waals surface area contributed by atoms with Crippen molar-refractivity contribution in [1.82, 2.24) is 10.1 Å². The molecule has 0 saturated heterocycles. The van der Waals surface area contributed by atoms with Gasteiger partial charge in [-0.25, -0.2) is 13.1 Å². The van der Waals surface area contributed by atoms with E-state index in [2.05, 4.69) is 15.6 Å². The summed E-state index contributed by atoms with van der Waals surface area (Å²) in [5, 5.41) is 0. The molecule has 26 heavy (non-hydrogen) atoms. The van der Waals surface area contributed by atoms with Crippen LogP contribution in [0.3, 0.4) is 0 Å². The maximum atomic E-state index is 12.5. The zero-order chi connectivity index (χ0) is 19.5. The molecule has 0 heterocycles. The van der Waals surface area contributed by atoms with E-state index >= 15 is 0 Å². The number of hydrazine groups is 1. The standard InChI is InChI=1S/C15H13F3IN3O3S/c1-20-26(24,25)11-6-7-13(19)12(8-11)14(23)22-21-10-4-2-9(3-5-10)15(16,17)18/h2-8,20-21H,1H3,(H,22,23). The largest absolute Gasteiger partial charge is 0.416 e. The van der Waals surface area contributed by atoms with Crippen LogP contribution in [0, 0.1) is 3.57 Å². The molecule has 0 bridgehead atoms. The van der Waals surface area contributed by atoms with Crippen molar-refractivity contribution in [3.8, 4) is 0 Å². The van der Waals surface area contributed by atoms with Crippen LogP contribution in [0.2, 0.25) is 0 Å². The van der Waals surface area contributed by atoms with Crippen LogP contribution in [0.1, 0.15) is 15.9 Å². The molecule has 2 aromatic carbocycles. The van der Waals surface area contributed by atoms with E-state index in [0.29, 0.717) is 3.57 Å². The fraction of sp³-hybridized carbons (Fsp3) is 0.133. The molecule has 2 rings (SSSR count). The van der Waals surface area contributed by atoms with E-state index in [1.807, 2.05) is 22.6 Å². The van der Waals surface area contributed by atoms with Crippen molar-refractivity contribution in [2.24, 2.45) is 0 Å². The number of carbonyl (C=O) groups excluding carboxylic acids is 1. The third-order valence-electron chi connectivity index (χ3n) is 3.29. The first-order chi connectivity index (χ1) is 12.0. The van der Waals surface area contributed by atoms with E-state index in [-0.39, 0.29) is 16.1 Å². The molecule has 6 nitrogen and oxygen atoms in total. The van der Waals surface area contributed by atoms with Crippen molar-refractivity contribution in [3.05, 3.63) is 57.2 Å². The van der Waals surface area contributed by atoms with Crippen molar-refractivity contribution in [2.75, 3.05) is 12.5 Å². The second-order valence-electron chi connectivity index (χ2n) is 5.00. The molecule has 0 aliphatic rings. The minimum Gasteiger partial charge on any atom is -0.298 e. The third-order valence-corrected chi connectivity index (χ3v) is 5.65. The second-order valence-corrected chi connectivity index (χ2v) is 8.05. The fourth-order valence-electron chi connectivity index (χ4n) is 1.90. The lowest BCUT2D eigenvalue weighted by atomic mass is 10.2. The van der Waals surface area contributed by atoms with Gasteiger partial charge in [-0.1, -0.05) is 0 Å². The second kappa shape index (κ2) is 7.80. The van der Waals surface area contributed by atoms with E-state index in [9.17, 15) is 26.4 Å². The van der Waals surface area contributed by atoms with Gasteiger partial charge in [0.1, 0.15) is 0 Å². The molecule has 0 saturated carbocycles. The van der Waals surface area contributed by atoms with Crippen LogP contribution in [0.4, 0.5) is 18.9 Å². The number of hydrogen-bond acceptors (Lipinski definition) is 4. The van der Waals surface area contributed by atoms with Gasteiger partial charge in [0.25, 0.3) is 5.91 Å². The van der Waals surface area contributed by atoms with Gasteiger partial charge in [0.15, 0.2) is 0 Å². The molecule has 11 heteroatoms. The van der Waals surface area contributed by atoms with E-state index in [1.54, 1.807) is 0 Å². The zero-order valence-corrected chi connectivity index (χ0v) is 16.2. The summed E-state index contributed by atoms with van der Waals surface area (Å²) in [4.78, 5) is 12.2. The Morgan fingerprint density at radius 3 is 2.23 bits per heavy atom. The Bertz CT molecular complexity index is 916. The summed E-state index contributed by atoms with van der Waals surface area (Å²) in [6.45, 7) is 0. The van der Waals surface area contributed by atoms with Gasteiger partial charge in [0.05, 0.1) is 21.7 Å². The number of benzene rings is 2. The monoisotopic (exact) mass is 499 g/mol. The van der Waals surface area contributed by atoms with Gasteiger partial charge in [-0.05, 0) is 72.1 Å². The maximum Gasteiger partial charge on any atom is 0.416 e. The highest BCUT2D eigenvalue weighted by atomic mass is 127. The minimum absolute atomic E-state index is 0.0832. The average molecular weight is 499 g/mol. The van der Waals surface area contributed by atoms with Crippen LogP contribution in [-0.4, -0.2) is 21.4 Å². The van der Waals surface area contributed by atoms with Crippen LogP contribution in [0.5, 0.6) is 0 Å². The molecule has 0 radical (unpaired) electrons. The average Bonchev–Trinajstić information content (AvgIpc) is 2.59. The highest BCUT2D eigenvalue weighted by Crippen LogP contribution is 2.29. The third kappa shape index (κ3) is 4.86. The number of sulfonamides is 1. The number of alkyl halides is 3. The van der Waals surface area contributed by atoms with E-state index in [1.165, 1.54) is 25.2 Å². The molecule has 140 valence electrons. The molecule has 0 aromatic heterocycles. The Hall–Kier alpha value is -1.86. The topological polar surface area (TPSA) is 87.3 Å². The van der Waals surface area contributed by atoms with Crippen molar-refractivity contribution >= 4 is 44.2 Å². The molecular formula is C15H13F3IN3O3S. The summed E-state index contributed by atoms with van der Waals surface area (Å²) in [6.07, 6.45) is -4.45. The Balaban J connectivity index is 2.14. The molecule has 0 spiro atoms. The van der Waals surface area contributed by atoms with Gasteiger partial charge in [-0.15, -0.1) is 0 Å². The number of nitrogens with one attached hydrogen (secondary N) is 3. The molecule has 0 aliphatic heterocycles. The normalized spacial score (nSPS) is 11.9. The summed E-state index contributed by atoms with van der Waals surface area (Å²) in [7, 11) is -2.47. The quantitative estimate of drug-likeness (QED) is 0.436. The summed E-state index contributed by atoms with van der Waals surface area (Å²) in [6, 6.07) is 8.10. The zero-order valence-electron chi connectivity index (χ0n) is 13.2. The van der Waals surface area contributed by atoms with Gasteiger partial charge < -0.3 is 0 Å². The fourth-order valence-corrected chi connectivity index (χ4v) is 3.24. The summed E-state index contributed by atoms with van der Waals surface area (Å²) in [5.41, 5.74) is 4.33. The van der Waals surface area contributed by atoms with Crippen LogP contribution in [-0.2, 0) is 16.2 Å². The molecule has 0 fully saturated rings. The SMILES string of the molecule is CNS(=O)(=O)c1ccc(I)c(C(=O)NNc2ccc(C(F)(F)F)cc2)c1. The van der Waals surface area contributed by atoms with Gasteiger partial charge >= 0.3 is 6.18 Å². The molecule has 2 aromatic rings. The predicted octanol–water partition coefficient (Wildman–Crippen LogP) is 2.98. The highest BCUT2D eigenvalue weighted by Gasteiger charge is 2.29. The van der Waals surface area contributed by atoms with Crippen LogP contribution in [0.15, 0.2) is 47.4 Å². The molecular weight excluding hydrogens is 486 g/mol. The number of halogens is 4. The lowest BCUT2D eigenvalue weighted by molar-refractivity contribution is -0.137. The lowest BCUT2D eigenvalue weighted by Crippen LogP contribution is -2.30. The predicted molar refractivity (Wildman–Crippen MR) is 97.9 cm³/mol. The molecule has 0 unspecified atom stereocenters. The maximum absolute atomic E-state index is 12.5. The Morgan fingerprint density at radius 2 is 1.69 bits per heavy atom. The lowest BCUT2D eigenvalue weighted by Gasteiger charge is -2.12. The minimum atomic E-state index is -4.45. The Kier molecular flexibility index (Phi) is 6.13. The molecule has 0 atom stereocenters. The van der Waals surface area contributed by atoms with Crippen molar-refractivity contribution in [2.45, 2.75) is 11.1 Å². The molecule has 0 aliphatic carbocycles.